The molecule has 1 heterocycles. The number of benzene rings is 6. The summed E-state index contributed by atoms with van der Waals surface area (Å²) < 4.78 is 33.2. The first-order valence-electron chi connectivity index (χ1n) is 16.2. The SMILES string of the molecule is CC1C=c2c(-c3ccc4c(c3)C(F)(F)c3cc(-c5nc(-c6ccccc6)nc(-c6ccccc6)n5)ccc3-4)cc3ccccc3c2=CC1. The van der Waals surface area contributed by atoms with E-state index in [4.69, 9.17) is 15.0 Å². The minimum absolute atomic E-state index is 0.0208. The van der Waals surface area contributed by atoms with E-state index in [0.29, 0.717) is 40.1 Å². The molecule has 230 valence electrons. The monoisotopic (exact) mass is 625 g/mol. The highest BCUT2D eigenvalue weighted by molar-refractivity contribution is 5.91. The van der Waals surface area contributed by atoms with Crippen LogP contribution in [0.25, 0.3) is 79.3 Å². The summed E-state index contributed by atoms with van der Waals surface area (Å²) in [4.78, 5) is 14.3. The van der Waals surface area contributed by atoms with Crippen LogP contribution in [0.5, 0.6) is 0 Å². The average molecular weight is 626 g/mol. The van der Waals surface area contributed by atoms with Crippen molar-refractivity contribution in [2.75, 3.05) is 0 Å². The van der Waals surface area contributed by atoms with Gasteiger partial charge < -0.3 is 0 Å². The van der Waals surface area contributed by atoms with Gasteiger partial charge in [0, 0.05) is 27.8 Å². The topological polar surface area (TPSA) is 38.7 Å². The average Bonchev–Trinajstić information content (AvgIpc) is 3.36. The van der Waals surface area contributed by atoms with Gasteiger partial charge in [-0.05, 0) is 74.0 Å². The van der Waals surface area contributed by atoms with Gasteiger partial charge in [0.2, 0.25) is 0 Å². The number of alkyl halides is 2. The molecule has 0 bridgehead atoms. The molecule has 0 saturated carbocycles. The number of rotatable bonds is 4. The molecule has 7 aromatic rings. The van der Waals surface area contributed by atoms with Crippen LogP contribution in [0, 0.1) is 5.92 Å². The normalized spacial score (nSPS) is 15.6. The lowest BCUT2D eigenvalue weighted by atomic mass is 9.89. The van der Waals surface area contributed by atoms with Crippen molar-refractivity contribution in [3.05, 3.63) is 149 Å². The molecule has 2 aliphatic rings. The Morgan fingerprint density at radius 1 is 0.542 bits per heavy atom. The second kappa shape index (κ2) is 10.9. The number of hydrogen-bond acceptors (Lipinski definition) is 3. The van der Waals surface area contributed by atoms with Gasteiger partial charge in [-0.15, -0.1) is 0 Å². The first-order chi connectivity index (χ1) is 23.4. The van der Waals surface area contributed by atoms with Crippen molar-refractivity contribution < 1.29 is 8.78 Å². The summed E-state index contributed by atoms with van der Waals surface area (Å²) in [5.41, 5.74) is 5.00. The zero-order valence-electron chi connectivity index (χ0n) is 26.2. The number of halogens is 2. The summed E-state index contributed by atoms with van der Waals surface area (Å²) in [6.07, 6.45) is 5.53. The van der Waals surface area contributed by atoms with Crippen molar-refractivity contribution in [2.45, 2.75) is 19.3 Å². The van der Waals surface area contributed by atoms with Crippen LogP contribution in [-0.4, -0.2) is 15.0 Å². The Morgan fingerprint density at radius 3 is 1.73 bits per heavy atom. The highest BCUT2D eigenvalue weighted by Gasteiger charge is 2.45. The summed E-state index contributed by atoms with van der Waals surface area (Å²) in [6.45, 7) is 2.20. The van der Waals surface area contributed by atoms with Crippen molar-refractivity contribution in [1.29, 1.82) is 0 Å². The second-order valence-electron chi connectivity index (χ2n) is 12.7. The lowest BCUT2D eigenvalue weighted by Gasteiger charge is -2.17. The summed E-state index contributed by atoms with van der Waals surface area (Å²) >= 11 is 0. The molecule has 0 fully saturated rings. The van der Waals surface area contributed by atoms with E-state index >= 15 is 8.78 Å². The van der Waals surface area contributed by atoms with Gasteiger partial charge >= 0.3 is 0 Å². The van der Waals surface area contributed by atoms with Gasteiger partial charge in [-0.3, -0.25) is 0 Å². The van der Waals surface area contributed by atoms with E-state index in [2.05, 4.69) is 43.3 Å². The van der Waals surface area contributed by atoms with Crippen LogP contribution in [0.2, 0.25) is 0 Å². The Balaban J connectivity index is 1.17. The maximum absolute atomic E-state index is 16.6. The molecule has 9 rings (SSSR count). The van der Waals surface area contributed by atoms with Crippen LogP contribution < -0.4 is 10.4 Å². The number of hydrogen-bond donors (Lipinski definition) is 0. The van der Waals surface area contributed by atoms with E-state index in [1.165, 1.54) is 10.6 Å². The summed E-state index contributed by atoms with van der Waals surface area (Å²) in [6, 6.07) is 40.4. The van der Waals surface area contributed by atoms with E-state index in [0.717, 1.165) is 39.3 Å². The third-order valence-corrected chi connectivity index (χ3v) is 9.55. The number of aromatic nitrogens is 3. The molecule has 0 radical (unpaired) electrons. The van der Waals surface area contributed by atoms with Gasteiger partial charge in [0.05, 0.1) is 0 Å². The fourth-order valence-electron chi connectivity index (χ4n) is 7.15. The third-order valence-electron chi connectivity index (χ3n) is 9.55. The lowest BCUT2D eigenvalue weighted by Crippen LogP contribution is -2.31. The fraction of sp³-hybridized carbons (Fsp3) is 0.0930. The van der Waals surface area contributed by atoms with Crippen LogP contribution in [0.4, 0.5) is 8.78 Å². The third kappa shape index (κ3) is 4.57. The molecule has 0 spiro atoms. The van der Waals surface area contributed by atoms with E-state index < -0.39 is 5.92 Å². The first-order valence-corrected chi connectivity index (χ1v) is 16.2. The minimum atomic E-state index is -3.20. The summed E-state index contributed by atoms with van der Waals surface area (Å²) in [5, 5.41) is 4.60. The van der Waals surface area contributed by atoms with Crippen LogP contribution in [-0.2, 0) is 5.92 Å². The molecular weight excluding hydrogens is 596 g/mol. The Hall–Kier alpha value is -5.81. The van der Waals surface area contributed by atoms with Crippen LogP contribution >= 0.6 is 0 Å². The Kier molecular flexibility index (Phi) is 6.44. The molecule has 3 nitrogen and oxygen atoms in total. The molecule has 0 saturated heterocycles. The minimum Gasteiger partial charge on any atom is -0.208 e. The predicted molar refractivity (Wildman–Crippen MR) is 189 cm³/mol. The standard InChI is InChI=1S/C43H29F2N3/c1-26-16-19-33-32-15-9-8-14-29(32)23-36(37(33)22-26)30-17-20-34-35-21-18-31(25-39(35)43(44,45)38(34)24-30)42-47-40(27-10-4-2-5-11-27)46-41(48-42)28-12-6-3-7-13-28/h2-15,17-26H,16H2,1H3. The fourth-order valence-corrected chi connectivity index (χ4v) is 7.15. The van der Waals surface area contributed by atoms with Gasteiger partial charge in [-0.2, -0.15) is 8.78 Å². The first kappa shape index (κ1) is 28.4. The van der Waals surface area contributed by atoms with Crippen molar-refractivity contribution >= 4 is 22.9 Å². The zero-order valence-corrected chi connectivity index (χ0v) is 26.2. The molecular formula is C43H29F2N3. The van der Waals surface area contributed by atoms with Crippen LogP contribution in [0.15, 0.2) is 127 Å². The number of fused-ring (bicyclic) bond motifs is 6. The highest BCUT2D eigenvalue weighted by Crippen LogP contribution is 2.52. The largest absolute Gasteiger partial charge is 0.299 e. The molecule has 1 aromatic heterocycles. The molecule has 0 amide bonds. The van der Waals surface area contributed by atoms with E-state index in [9.17, 15) is 0 Å². The van der Waals surface area contributed by atoms with Gasteiger partial charge in [-0.1, -0.05) is 128 Å². The summed E-state index contributed by atoms with van der Waals surface area (Å²) in [7, 11) is 0. The lowest BCUT2D eigenvalue weighted by molar-refractivity contribution is 0.0481. The van der Waals surface area contributed by atoms with Gasteiger partial charge in [-0.25, -0.2) is 15.0 Å². The van der Waals surface area contributed by atoms with Crippen molar-refractivity contribution in [3.63, 3.8) is 0 Å². The van der Waals surface area contributed by atoms with E-state index in [-0.39, 0.29) is 11.1 Å². The van der Waals surface area contributed by atoms with Gasteiger partial charge in [0.15, 0.2) is 17.5 Å². The molecule has 1 unspecified atom stereocenters. The maximum atomic E-state index is 16.6. The molecule has 0 aliphatic heterocycles. The molecule has 0 N–H and O–H groups in total. The molecule has 6 aromatic carbocycles. The van der Waals surface area contributed by atoms with Crippen molar-refractivity contribution in [1.82, 2.24) is 15.0 Å². The van der Waals surface area contributed by atoms with E-state index in [1.807, 2.05) is 84.9 Å². The summed E-state index contributed by atoms with van der Waals surface area (Å²) in [5.74, 6) is -1.50. The Morgan fingerprint density at radius 2 is 1.08 bits per heavy atom. The van der Waals surface area contributed by atoms with Crippen LogP contribution in [0.1, 0.15) is 24.5 Å². The highest BCUT2D eigenvalue weighted by atomic mass is 19.3. The Labute approximate surface area is 276 Å². The maximum Gasteiger partial charge on any atom is 0.299 e. The smallest absolute Gasteiger partial charge is 0.208 e. The van der Waals surface area contributed by atoms with E-state index in [1.54, 1.807) is 18.2 Å². The van der Waals surface area contributed by atoms with Gasteiger partial charge in [0.25, 0.3) is 5.92 Å². The number of nitrogens with zero attached hydrogens (tertiary/aromatic N) is 3. The zero-order chi connectivity index (χ0) is 32.4. The molecule has 5 heteroatoms. The quantitative estimate of drug-likeness (QED) is 0.196. The van der Waals surface area contributed by atoms with Crippen LogP contribution in [0.3, 0.4) is 0 Å². The van der Waals surface area contributed by atoms with Crippen molar-refractivity contribution in [2.24, 2.45) is 5.92 Å². The molecule has 48 heavy (non-hydrogen) atoms. The van der Waals surface area contributed by atoms with Gasteiger partial charge in [0.1, 0.15) is 0 Å². The second-order valence-corrected chi connectivity index (χ2v) is 12.7. The Bertz CT molecular complexity index is 2470. The van der Waals surface area contributed by atoms with Crippen molar-refractivity contribution in [3.8, 4) is 56.4 Å². The molecule has 1 atom stereocenters. The predicted octanol–water partition coefficient (Wildman–Crippen LogP) is 9.41. The molecule has 2 aliphatic carbocycles.